The molecule has 0 spiro atoms. The predicted molar refractivity (Wildman–Crippen MR) is 289 cm³/mol. The van der Waals surface area contributed by atoms with Crippen LogP contribution < -0.4 is 37.2 Å². The minimum atomic E-state index is -1.37. The van der Waals surface area contributed by atoms with Crippen molar-refractivity contribution in [2.24, 2.45) is 17.8 Å². The van der Waals surface area contributed by atoms with Gasteiger partial charge < -0.3 is 61.7 Å². The Labute approximate surface area is 457 Å². The molecule has 0 aliphatic carbocycles. The van der Waals surface area contributed by atoms with Crippen LogP contribution in [-0.2, 0) is 49.6 Å². The summed E-state index contributed by atoms with van der Waals surface area (Å²) in [6.07, 6.45) is 4.77. The molecule has 0 radical (unpaired) electrons. The number of phenolic OH excluding ortho intramolecular Hbond substituents is 1. The van der Waals surface area contributed by atoms with Gasteiger partial charge in [-0.15, -0.1) is 0 Å². The molecule has 5 rings (SSSR count). The van der Waals surface area contributed by atoms with Crippen molar-refractivity contribution in [1.29, 1.82) is 0 Å². The van der Waals surface area contributed by atoms with Gasteiger partial charge in [-0.2, -0.15) is 0 Å². The molecule has 77 heavy (non-hydrogen) atoms. The average Bonchev–Trinajstić information content (AvgIpc) is 4.16. The zero-order valence-electron chi connectivity index (χ0n) is 45.3. The van der Waals surface area contributed by atoms with Crippen LogP contribution in [0, 0.1) is 17.8 Å². The lowest BCUT2D eigenvalue weighted by Crippen LogP contribution is -2.60. The van der Waals surface area contributed by atoms with Gasteiger partial charge in [0.15, 0.2) is 0 Å². The molecule has 2 bridgehead atoms. The standard InChI is InChI=1S/C54H77BrN10O12/c1-9-15-37(61-50(73)43(29(7)10-2)64-51(74)44(68)30(8)11-3)48(71)62-38-16-13-22-56-47(70)40(26-34-33-25-32(66)19-20-36(33)59-46(34)55)58-42(67)21-18-31-27-77-53(57-31)35(12-4)60-52(75)45(69)39(24-28(5)6)63-49(72)41-17-14-23-65(41)54(38)76/h18-21,25,27-30,35,37-41,43-44,59,66,68H,9-17,22-24,26H2,1-8H3,(H,56,70)(H,58,67)(H,60,75)(H,61,73)(H,62,71)(H,63,72)(H,64,74)/t29?,30-,35-,37-,38-,39-,40-,41-,43-,44-/m0/s1. The van der Waals surface area contributed by atoms with Gasteiger partial charge in [-0.3, -0.25) is 43.2 Å². The number of aliphatic hydroxyl groups excluding tert-OH is 1. The highest BCUT2D eigenvalue weighted by Gasteiger charge is 2.41. The Kier molecular flexibility index (Phi) is 22.8. The largest absolute Gasteiger partial charge is 0.508 e. The number of amides is 8. The number of hydrogen-bond donors (Lipinski definition) is 10. The number of benzene rings is 1. The first kappa shape index (κ1) is 61.2. The molecule has 22 nitrogen and oxygen atoms in total. The predicted octanol–water partition coefficient (Wildman–Crippen LogP) is 3.64. The third-order valence-electron chi connectivity index (χ3n) is 14.3. The van der Waals surface area contributed by atoms with Crippen molar-refractivity contribution in [3.63, 3.8) is 0 Å². The zero-order chi connectivity index (χ0) is 56.7. The number of aromatic nitrogens is 2. The van der Waals surface area contributed by atoms with Gasteiger partial charge >= 0.3 is 0 Å². The molecule has 4 heterocycles. The first-order valence-electron chi connectivity index (χ1n) is 26.9. The van der Waals surface area contributed by atoms with Crippen LogP contribution >= 0.6 is 15.9 Å². The van der Waals surface area contributed by atoms with Crippen LogP contribution in [0.15, 0.2) is 39.6 Å². The van der Waals surface area contributed by atoms with E-state index >= 15 is 0 Å². The number of nitrogens with zero attached hydrogens (tertiary/aromatic N) is 2. The van der Waals surface area contributed by atoms with Crippen LogP contribution in [0.25, 0.3) is 17.0 Å². The van der Waals surface area contributed by atoms with Crippen LogP contribution in [0.4, 0.5) is 0 Å². The molecule has 2 aliphatic rings. The van der Waals surface area contributed by atoms with E-state index in [2.05, 4.69) is 63.1 Å². The molecule has 3 aromatic rings. The lowest BCUT2D eigenvalue weighted by molar-refractivity contribution is -0.144. The van der Waals surface area contributed by atoms with E-state index in [-0.39, 0.29) is 87.2 Å². The highest BCUT2D eigenvalue weighted by molar-refractivity contribution is 9.10. The minimum Gasteiger partial charge on any atom is -0.508 e. The highest BCUT2D eigenvalue weighted by atomic mass is 79.9. The SMILES string of the molecule is CCC[C@H](NC(=O)[C@@H](NC(=O)[C@@H](O)[C@@H](C)CC)C(C)CC)C(=O)N[C@H]1CCCNC(=O)[C@H](Cc2c(Br)[nH]c3ccc(O)cc23)NC(=O)C=Cc2coc(n2)[C@H](CC)NC(=O)C(=O)[C@H](CC(C)C)NC(=O)[C@@H]2CCCN2C1=O. The number of nitrogens with one attached hydrogen (secondary N) is 8. The molecular formula is C54H77BrN10O12. The number of rotatable bonds is 17. The Morgan fingerprint density at radius 2 is 1.58 bits per heavy atom. The van der Waals surface area contributed by atoms with E-state index in [1.54, 1.807) is 33.8 Å². The molecule has 2 aromatic heterocycles. The van der Waals surface area contributed by atoms with Gasteiger partial charge in [0.25, 0.3) is 5.91 Å². The second-order valence-corrected chi connectivity index (χ2v) is 21.4. The number of aromatic amines is 1. The van der Waals surface area contributed by atoms with E-state index in [1.165, 1.54) is 29.4 Å². The number of phenols is 1. The fraction of sp³-hybridized carbons (Fsp3) is 0.593. The lowest BCUT2D eigenvalue weighted by atomic mass is 9.95. The highest BCUT2D eigenvalue weighted by Crippen LogP contribution is 2.31. The summed E-state index contributed by atoms with van der Waals surface area (Å²) in [5, 5.41) is 40.9. The second kappa shape index (κ2) is 28.7. The van der Waals surface area contributed by atoms with E-state index < -0.39 is 107 Å². The van der Waals surface area contributed by atoms with E-state index in [0.29, 0.717) is 46.8 Å². The molecular weight excluding hydrogens is 1060 g/mol. The number of oxazole rings is 1. The third-order valence-corrected chi connectivity index (χ3v) is 15.0. The average molecular weight is 1140 g/mol. The molecule has 422 valence electrons. The van der Waals surface area contributed by atoms with Crippen LogP contribution in [0.3, 0.4) is 0 Å². The summed E-state index contributed by atoms with van der Waals surface area (Å²) in [7, 11) is 0. The first-order chi connectivity index (χ1) is 36.6. The van der Waals surface area contributed by atoms with Gasteiger partial charge in [0.1, 0.15) is 60.1 Å². The minimum absolute atomic E-state index is 0.0216. The van der Waals surface area contributed by atoms with Gasteiger partial charge in [0.2, 0.25) is 53.0 Å². The number of Topliss-reactive ketones (excluding diaryl/α,β-unsaturated/α-hetero) is 1. The molecule has 10 N–H and O–H groups in total. The van der Waals surface area contributed by atoms with Crippen LogP contribution in [0.1, 0.15) is 143 Å². The number of hydrogen-bond acceptors (Lipinski definition) is 13. The van der Waals surface area contributed by atoms with E-state index in [4.69, 9.17) is 4.42 Å². The summed E-state index contributed by atoms with van der Waals surface area (Å²) in [6.45, 7) is 14.4. The summed E-state index contributed by atoms with van der Waals surface area (Å²) >= 11 is 3.52. The Bertz CT molecular complexity index is 2630. The van der Waals surface area contributed by atoms with E-state index in [0.717, 1.165) is 6.08 Å². The molecule has 1 saturated heterocycles. The summed E-state index contributed by atoms with van der Waals surface area (Å²) in [5.74, 6) is -7.59. The number of halogens is 1. The molecule has 10 atom stereocenters. The molecule has 23 heteroatoms. The van der Waals surface area contributed by atoms with Crippen molar-refractivity contribution in [3.8, 4) is 5.75 Å². The third kappa shape index (κ3) is 16.4. The molecule has 2 aliphatic heterocycles. The number of carbonyl (C=O) groups is 9. The van der Waals surface area contributed by atoms with Crippen molar-refractivity contribution in [2.75, 3.05) is 13.1 Å². The fourth-order valence-electron chi connectivity index (χ4n) is 9.35. The van der Waals surface area contributed by atoms with Gasteiger partial charge in [0.05, 0.1) is 10.6 Å². The number of ketones is 1. The Morgan fingerprint density at radius 1 is 0.857 bits per heavy atom. The topological polar surface area (TPSA) is 323 Å². The van der Waals surface area contributed by atoms with Crippen LogP contribution in [0.2, 0.25) is 0 Å². The van der Waals surface area contributed by atoms with Crippen molar-refractivity contribution >= 4 is 85.9 Å². The number of H-pyrrole nitrogens is 1. The van der Waals surface area contributed by atoms with Crippen LogP contribution in [-0.4, -0.2) is 134 Å². The zero-order valence-corrected chi connectivity index (χ0v) is 46.8. The molecule has 1 unspecified atom stereocenters. The fourth-order valence-corrected chi connectivity index (χ4v) is 9.94. The molecule has 1 aromatic carbocycles. The smallest absolute Gasteiger partial charge is 0.290 e. The van der Waals surface area contributed by atoms with Gasteiger partial charge in [0, 0.05) is 36.5 Å². The number of aliphatic hydroxyl groups is 1. The van der Waals surface area contributed by atoms with Crippen molar-refractivity contribution < 1.29 is 57.8 Å². The summed E-state index contributed by atoms with van der Waals surface area (Å²) in [4.78, 5) is 135. The Hall–Kier alpha value is -6.62. The molecule has 1 fully saturated rings. The van der Waals surface area contributed by atoms with Crippen molar-refractivity contribution in [2.45, 2.75) is 174 Å². The first-order valence-corrected chi connectivity index (χ1v) is 27.7. The molecule has 8 amide bonds. The summed E-state index contributed by atoms with van der Waals surface area (Å²) in [5.41, 5.74) is 1.42. The number of carbonyl (C=O) groups excluding carboxylic acids is 9. The Morgan fingerprint density at radius 3 is 2.26 bits per heavy atom. The van der Waals surface area contributed by atoms with E-state index in [1.807, 2.05) is 27.7 Å². The van der Waals surface area contributed by atoms with Crippen LogP contribution in [0.5, 0.6) is 5.75 Å². The number of aromatic hydroxyl groups is 1. The van der Waals surface area contributed by atoms with Crippen molar-refractivity contribution in [1.82, 2.24) is 52.1 Å². The molecule has 0 saturated carbocycles. The quantitative estimate of drug-likeness (QED) is 0.0865. The normalized spacial score (nSPS) is 22.4. The summed E-state index contributed by atoms with van der Waals surface area (Å²) in [6, 6.07) is -3.41. The maximum atomic E-state index is 14.9. The van der Waals surface area contributed by atoms with Gasteiger partial charge in [-0.1, -0.05) is 74.7 Å². The summed E-state index contributed by atoms with van der Waals surface area (Å²) < 4.78 is 6.17. The Balaban J connectivity index is 1.49. The van der Waals surface area contributed by atoms with E-state index in [9.17, 15) is 53.4 Å². The van der Waals surface area contributed by atoms with Gasteiger partial charge in [-0.25, -0.2) is 4.98 Å². The maximum Gasteiger partial charge on any atom is 0.290 e. The second-order valence-electron chi connectivity index (χ2n) is 20.6. The van der Waals surface area contributed by atoms with Gasteiger partial charge in [-0.05, 0) is 108 Å². The number of fused-ring (bicyclic) bond motifs is 4. The maximum absolute atomic E-state index is 14.9. The monoisotopic (exact) mass is 1140 g/mol. The lowest BCUT2D eigenvalue weighted by Gasteiger charge is -2.31. The van der Waals surface area contributed by atoms with Crippen molar-refractivity contribution in [3.05, 3.63) is 52.3 Å².